The SMILES string of the molecule is CC(CN(C(=O)C1CC(=O)N(C2CCCC2)C1)C1CC1)C(=O)O. The minimum absolute atomic E-state index is 0.0190. The topological polar surface area (TPSA) is 77.9 Å². The van der Waals surface area contributed by atoms with Crippen molar-refractivity contribution in [3.05, 3.63) is 0 Å². The smallest absolute Gasteiger partial charge is 0.308 e. The van der Waals surface area contributed by atoms with Crippen molar-refractivity contribution in [2.45, 2.75) is 64.0 Å². The summed E-state index contributed by atoms with van der Waals surface area (Å²) in [5.41, 5.74) is 0. The van der Waals surface area contributed by atoms with E-state index in [-0.39, 0.29) is 30.3 Å². The Kier molecular flexibility index (Phi) is 4.60. The van der Waals surface area contributed by atoms with Crippen molar-refractivity contribution in [3.63, 3.8) is 0 Å². The lowest BCUT2D eigenvalue weighted by molar-refractivity contribution is -0.144. The Morgan fingerprint density at radius 1 is 1.26 bits per heavy atom. The van der Waals surface area contributed by atoms with Gasteiger partial charge in [-0.3, -0.25) is 14.4 Å². The fourth-order valence-corrected chi connectivity index (χ4v) is 3.88. The highest BCUT2D eigenvalue weighted by atomic mass is 16.4. The molecule has 1 aliphatic heterocycles. The molecule has 3 fully saturated rings. The zero-order valence-electron chi connectivity index (χ0n) is 13.7. The number of carboxylic acids is 1. The van der Waals surface area contributed by atoms with E-state index in [1.165, 1.54) is 0 Å². The first kappa shape index (κ1) is 16.3. The van der Waals surface area contributed by atoms with Crippen molar-refractivity contribution in [1.82, 2.24) is 9.80 Å². The number of hydrogen-bond acceptors (Lipinski definition) is 3. The summed E-state index contributed by atoms with van der Waals surface area (Å²) in [6, 6.07) is 0.493. The minimum Gasteiger partial charge on any atom is -0.481 e. The van der Waals surface area contributed by atoms with Gasteiger partial charge in [-0.15, -0.1) is 0 Å². The van der Waals surface area contributed by atoms with E-state index in [9.17, 15) is 14.4 Å². The van der Waals surface area contributed by atoms with Gasteiger partial charge in [-0.1, -0.05) is 19.8 Å². The normalized spacial score (nSPS) is 26.6. The Labute approximate surface area is 136 Å². The minimum atomic E-state index is -0.876. The predicted octanol–water partition coefficient (Wildman–Crippen LogP) is 1.49. The van der Waals surface area contributed by atoms with Gasteiger partial charge in [0.05, 0.1) is 11.8 Å². The number of hydrogen-bond donors (Lipinski definition) is 1. The second kappa shape index (κ2) is 6.49. The Morgan fingerprint density at radius 2 is 1.91 bits per heavy atom. The summed E-state index contributed by atoms with van der Waals surface area (Å²) in [6.07, 6.45) is 6.62. The van der Waals surface area contributed by atoms with Gasteiger partial charge in [-0.25, -0.2) is 0 Å². The van der Waals surface area contributed by atoms with Crippen LogP contribution in [-0.4, -0.2) is 57.9 Å². The van der Waals surface area contributed by atoms with E-state index < -0.39 is 11.9 Å². The molecule has 3 aliphatic rings. The molecule has 0 bridgehead atoms. The fraction of sp³-hybridized carbons (Fsp3) is 0.824. The third-order valence-corrected chi connectivity index (χ3v) is 5.44. The van der Waals surface area contributed by atoms with Crippen LogP contribution in [0.1, 0.15) is 51.9 Å². The molecule has 0 aromatic heterocycles. The van der Waals surface area contributed by atoms with Crippen molar-refractivity contribution >= 4 is 17.8 Å². The lowest BCUT2D eigenvalue weighted by atomic mass is 10.1. The third kappa shape index (κ3) is 3.51. The molecule has 0 radical (unpaired) electrons. The molecule has 0 spiro atoms. The molecule has 1 saturated heterocycles. The number of carbonyl (C=O) groups excluding carboxylic acids is 2. The van der Waals surface area contributed by atoms with Crippen molar-refractivity contribution in [3.8, 4) is 0 Å². The van der Waals surface area contributed by atoms with Gasteiger partial charge >= 0.3 is 5.97 Å². The van der Waals surface area contributed by atoms with E-state index >= 15 is 0 Å². The molecule has 2 unspecified atom stereocenters. The van der Waals surface area contributed by atoms with Crippen molar-refractivity contribution in [2.24, 2.45) is 11.8 Å². The first-order valence-electron chi connectivity index (χ1n) is 8.80. The number of nitrogens with zero attached hydrogens (tertiary/aromatic N) is 2. The van der Waals surface area contributed by atoms with E-state index in [1.54, 1.807) is 11.8 Å². The zero-order valence-corrected chi connectivity index (χ0v) is 13.7. The number of rotatable bonds is 6. The van der Waals surface area contributed by atoms with E-state index in [4.69, 9.17) is 5.11 Å². The van der Waals surface area contributed by atoms with E-state index in [0.29, 0.717) is 19.0 Å². The molecule has 2 atom stereocenters. The number of carboxylic acid groups (broad SMARTS) is 1. The van der Waals surface area contributed by atoms with Crippen LogP contribution < -0.4 is 0 Å². The average Bonchev–Trinajstić information content (AvgIpc) is 3.06. The molecule has 1 heterocycles. The standard InChI is InChI=1S/C17H26N2O4/c1-11(17(22)23)9-19(14-6-7-14)16(21)12-8-15(20)18(10-12)13-4-2-3-5-13/h11-14H,2-10H2,1H3,(H,22,23). The predicted molar refractivity (Wildman–Crippen MR) is 83.6 cm³/mol. The molecule has 23 heavy (non-hydrogen) atoms. The van der Waals surface area contributed by atoms with Crippen molar-refractivity contribution < 1.29 is 19.5 Å². The summed E-state index contributed by atoms with van der Waals surface area (Å²) >= 11 is 0. The summed E-state index contributed by atoms with van der Waals surface area (Å²) in [4.78, 5) is 39.9. The number of amides is 2. The van der Waals surface area contributed by atoms with E-state index in [2.05, 4.69) is 0 Å². The summed E-state index contributed by atoms with van der Waals surface area (Å²) in [6.45, 7) is 2.41. The summed E-state index contributed by atoms with van der Waals surface area (Å²) < 4.78 is 0. The molecule has 1 N–H and O–H groups in total. The first-order valence-corrected chi connectivity index (χ1v) is 8.80. The largest absolute Gasteiger partial charge is 0.481 e. The molecule has 3 rings (SSSR count). The number of carbonyl (C=O) groups is 3. The Hall–Kier alpha value is -1.59. The van der Waals surface area contributed by atoms with Gasteiger partial charge in [0.15, 0.2) is 0 Å². The highest BCUT2D eigenvalue weighted by Gasteiger charge is 2.43. The molecule has 128 valence electrons. The van der Waals surface area contributed by atoms with Crippen molar-refractivity contribution in [1.29, 1.82) is 0 Å². The van der Waals surface area contributed by atoms with Crippen LogP contribution >= 0.6 is 0 Å². The second-order valence-corrected chi connectivity index (χ2v) is 7.35. The van der Waals surface area contributed by atoms with E-state index in [0.717, 1.165) is 38.5 Å². The Bertz CT molecular complexity index is 497. The van der Waals surface area contributed by atoms with Gasteiger partial charge in [-0.2, -0.15) is 0 Å². The molecule has 0 aromatic carbocycles. The molecular formula is C17H26N2O4. The second-order valence-electron chi connectivity index (χ2n) is 7.35. The van der Waals surface area contributed by atoms with Gasteiger partial charge in [0.25, 0.3) is 0 Å². The summed E-state index contributed by atoms with van der Waals surface area (Å²) in [7, 11) is 0. The van der Waals surface area contributed by atoms with Crippen LogP contribution in [0.25, 0.3) is 0 Å². The van der Waals surface area contributed by atoms with Crippen LogP contribution in [0.15, 0.2) is 0 Å². The molecule has 2 aliphatic carbocycles. The zero-order chi connectivity index (χ0) is 16.6. The molecule has 6 heteroatoms. The maximum absolute atomic E-state index is 12.8. The van der Waals surface area contributed by atoms with Crippen LogP contribution in [0.3, 0.4) is 0 Å². The molecule has 2 saturated carbocycles. The third-order valence-electron chi connectivity index (χ3n) is 5.44. The molecule has 2 amide bonds. The maximum Gasteiger partial charge on any atom is 0.308 e. The summed E-state index contributed by atoms with van der Waals surface area (Å²) in [5, 5.41) is 9.11. The lowest BCUT2D eigenvalue weighted by Crippen LogP contribution is -2.43. The fourth-order valence-electron chi connectivity index (χ4n) is 3.88. The first-order chi connectivity index (χ1) is 11.0. The van der Waals surface area contributed by atoms with E-state index in [1.807, 2.05) is 4.90 Å². The van der Waals surface area contributed by atoms with Gasteiger partial charge < -0.3 is 14.9 Å². The molecular weight excluding hydrogens is 296 g/mol. The maximum atomic E-state index is 12.8. The van der Waals surface area contributed by atoms with Gasteiger partial charge in [-0.05, 0) is 25.7 Å². The quantitative estimate of drug-likeness (QED) is 0.803. The molecule has 6 nitrogen and oxygen atoms in total. The summed E-state index contributed by atoms with van der Waals surface area (Å²) in [5.74, 6) is -1.66. The van der Waals surface area contributed by atoms with Crippen LogP contribution in [0.5, 0.6) is 0 Å². The van der Waals surface area contributed by atoms with Crippen LogP contribution in [0, 0.1) is 11.8 Å². The highest BCUT2D eigenvalue weighted by molar-refractivity contribution is 5.90. The number of aliphatic carboxylic acids is 1. The highest BCUT2D eigenvalue weighted by Crippen LogP contribution is 2.33. The van der Waals surface area contributed by atoms with Crippen LogP contribution in [-0.2, 0) is 14.4 Å². The van der Waals surface area contributed by atoms with Crippen LogP contribution in [0.4, 0.5) is 0 Å². The van der Waals surface area contributed by atoms with Gasteiger partial charge in [0.2, 0.25) is 11.8 Å². The monoisotopic (exact) mass is 322 g/mol. The van der Waals surface area contributed by atoms with Gasteiger partial charge in [0.1, 0.15) is 0 Å². The Morgan fingerprint density at radius 3 is 2.48 bits per heavy atom. The number of likely N-dealkylation sites (tertiary alicyclic amines) is 1. The Balaban J connectivity index is 1.64. The van der Waals surface area contributed by atoms with Crippen LogP contribution in [0.2, 0.25) is 0 Å². The average molecular weight is 322 g/mol. The van der Waals surface area contributed by atoms with Crippen molar-refractivity contribution in [2.75, 3.05) is 13.1 Å². The lowest BCUT2D eigenvalue weighted by Gasteiger charge is -2.28. The molecule has 0 aromatic rings. The van der Waals surface area contributed by atoms with Gasteiger partial charge in [0, 0.05) is 31.6 Å².